The molecule has 1 amide bonds. The first-order chi connectivity index (χ1) is 13.8. The number of nitrogens with one attached hydrogen (secondary N) is 2. The molecule has 6 heteroatoms. The van der Waals surface area contributed by atoms with Crippen LogP contribution < -0.4 is 10.6 Å². The highest BCUT2D eigenvalue weighted by atomic mass is 16.6. The Hall–Kier alpha value is -1.30. The van der Waals surface area contributed by atoms with Crippen molar-refractivity contribution in [2.24, 2.45) is 0 Å². The molecule has 0 rings (SSSR count). The van der Waals surface area contributed by atoms with Crippen LogP contribution in [0.25, 0.3) is 0 Å². The zero-order chi connectivity index (χ0) is 21.8. The zero-order valence-electron chi connectivity index (χ0n) is 19.4. The van der Waals surface area contributed by atoms with Gasteiger partial charge >= 0.3 is 12.1 Å². The Morgan fingerprint density at radius 1 is 0.759 bits per heavy atom. The molecule has 0 aliphatic heterocycles. The molecule has 0 heterocycles. The molecule has 0 fully saturated rings. The molecule has 0 saturated heterocycles. The Morgan fingerprint density at radius 2 is 1.34 bits per heavy atom. The fourth-order valence-electron chi connectivity index (χ4n) is 2.84. The lowest BCUT2D eigenvalue weighted by atomic mass is 10.1. The lowest BCUT2D eigenvalue weighted by Gasteiger charge is -2.19. The second-order valence-corrected chi connectivity index (χ2v) is 8.68. The number of rotatable bonds is 18. The first kappa shape index (κ1) is 27.7. The van der Waals surface area contributed by atoms with Crippen LogP contribution in [0.1, 0.15) is 105 Å². The van der Waals surface area contributed by atoms with E-state index in [1.165, 1.54) is 25.7 Å². The second kappa shape index (κ2) is 18.7. The average molecular weight is 415 g/mol. The minimum atomic E-state index is -0.439. The summed E-state index contributed by atoms with van der Waals surface area (Å²) in [4.78, 5) is 23.0. The lowest BCUT2D eigenvalue weighted by Crippen LogP contribution is -2.33. The lowest BCUT2D eigenvalue weighted by molar-refractivity contribution is -0.143. The van der Waals surface area contributed by atoms with Gasteiger partial charge in [-0.3, -0.25) is 4.79 Å². The molecule has 0 radical (unpaired) electrons. The summed E-state index contributed by atoms with van der Waals surface area (Å²) in [5, 5.41) is 6.23. The first-order valence-electron chi connectivity index (χ1n) is 11.7. The van der Waals surface area contributed by atoms with Gasteiger partial charge in [-0.2, -0.15) is 0 Å². The molecule has 0 aromatic heterocycles. The van der Waals surface area contributed by atoms with Crippen molar-refractivity contribution in [2.75, 3.05) is 26.2 Å². The molecule has 0 aliphatic rings. The van der Waals surface area contributed by atoms with Crippen LogP contribution in [-0.2, 0) is 14.3 Å². The van der Waals surface area contributed by atoms with Crippen molar-refractivity contribution in [1.29, 1.82) is 0 Å². The summed E-state index contributed by atoms with van der Waals surface area (Å²) >= 11 is 0. The molecule has 0 spiro atoms. The number of hydrogen-bond donors (Lipinski definition) is 2. The number of amides is 1. The number of ether oxygens (including phenoxy) is 2. The van der Waals surface area contributed by atoms with Crippen LogP contribution in [0.4, 0.5) is 4.79 Å². The number of carbonyl (C=O) groups excluding carboxylic acids is 2. The summed E-state index contributed by atoms with van der Waals surface area (Å²) < 4.78 is 10.4. The van der Waals surface area contributed by atoms with Crippen molar-refractivity contribution in [3.05, 3.63) is 0 Å². The first-order valence-corrected chi connectivity index (χ1v) is 11.7. The summed E-state index contributed by atoms with van der Waals surface area (Å²) in [6.07, 6.45) is 12.4. The van der Waals surface area contributed by atoms with Crippen LogP contribution in [0.15, 0.2) is 0 Å². The monoisotopic (exact) mass is 414 g/mol. The third-order valence-electron chi connectivity index (χ3n) is 4.44. The highest BCUT2D eigenvalue weighted by Crippen LogP contribution is 2.08. The predicted molar refractivity (Wildman–Crippen MR) is 119 cm³/mol. The molecule has 2 N–H and O–H groups in total. The second-order valence-electron chi connectivity index (χ2n) is 8.68. The Bertz CT molecular complexity index is 408. The van der Waals surface area contributed by atoms with E-state index >= 15 is 0 Å². The minimum absolute atomic E-state index is 0.0356. The molecule has 0 bridgehead atoms. The average Bonchev–Trinajstić information content (AvgIpc) is 2.64. The summed E-state index contributed by atoms with van der Waals surface area (Å²) in [5.41, 5.74) is -0.439. The van der Waals surface area contributed by atoms with E-state index in [0.717, 1.165) is 58.0 Å². The normalized spacial score (nSPS) is 11.3. The number of unbranched alkanes of at least 4 members (excludes halogenated alkanes) is 8. The molecule has 0 aromatic carbocycles. The Morgan fingerprint density at radius 3 is 2.00 bits per heavy atom. The van der Waals surface area contributed by atoms with Gasteiger partial charge in [0.1, 0.15) is 5.60 Å². The van der Waals surface area contributed by atoms with Crippen LogP contribution in [0.3, 0.4) is 0 Å². The molecule has 172 valence electrons. The zero-order valence-corrected chi connectivity index (χ0v) is 19.4. The fraction of sp³-hybridized carbons (Fsp3) is 0.913. The SMILES string of the molecule is CCCCCOC(=O)CCCCCCCCNCCCCNC(=O)OC(C)(C)C. The van der Waals surface area contributed by atoms with Gasteiger partial charge in [0.05, 0.1) is 6.61 Å². The number of esters is 1. The van der Waals surface area contributed by atoms with Crippen LogP contribution >= 0.6 is 0 Å². The van der Waals surface area contributed by atoms with Crippen molar-refractivity contribution < 1.29 is 19.1 Å². The van der Waals surface area contributed by atoms with E-state index in [-0.39, 0.29) is 12.1 Å². The van der Waals surface area contributed by atoms with Gasteiger partial charge in [-0.05, 0) is 66.0 Å². The van der Waals surface area contributed by atoms with Gasteiger partial charge in [-0.1, -0.05) is 45.4 Å². The highest BCUT2D eigenvalue weighted by Gasteiger charge is 2.15. The third kappa shape index (κ3) is 22.8. The summed E-state index contributed by atoms with van der Waals surface area (Å²) in [7, 11) is 0. The van der Waals surface area contributed by atoms with Crippen LogP contribution in [-0.4, -0.2) is 43.9 Å². The van der Waals surface area contributed by atoms with Crippen LogP contribution in [0.2, 0.25) is 0 Å². The van der Waals surface area contributed by atoms with E-state index in [0.29, 0.717) is 19.6 Å². The fourth-order valence-corrected chi connectivity index (χ4v) is 2.84. The Balaban J connectivity index is 3.22. The van der Waals surface area contributed by atoms with Crippen molar-refractivity contribution >= 4 is 12.1 Å². The quantitative estimate of drug-likeness (QED) is 0.234. The van der Waals surface area contributed by atoms with Gasteiger partial charge in [0.2, 0.25) is 0 Å². The molecule has 0 saturated carbocycles. The predicted octanol–water partition coefficient (Wildman–Crippen LogP) is 5.35. The summed E-state index contributed by atoms with van der Waals surface area (Å²) in [6.45, 7) is 11.0. The highest BCUT2D eigenvalue weighted by molar-refractivity contribution is 5.69. The minimum Gasteiger partial charge on any atom is -0.466 e. The van der Waals surface area contributed by atoms with Gasteiger partial charge in [-0.15, -0.1) is 0 Å². The van der Waals surface area contributed by atoms with Gasteiger partial charge in [0.15, 0.2) is 0 Å². The Kier molecular flexibility index (Phi) is 17.9. The topological polar surface area (TPSA) is 76.7 Å². The van der Waals surface area contributed by atoms with Gasteiger partial charge in [0.25, 0.3) is 0 Å². The standard InChI is InChI=1S/C23H46N2O4/c1-5-6-15-20-28-21(26)16-11-9-7-8-10-12-17-24-18-13-14-19-25-22(27)29-23(2,3)4/h24H,5-20H2,1-4H3,(H,25,27). The van der Waals surface area contributed by atoms with Gasteiger partial charge < -0.3 is 20.1 Å². The maximum absolute atomic E-state index is 11.5. The smallest absolute Gasteiger partial charge is 0.407 e. The van der Waals surface area contributed by atoms with E-state index in [1.807, 2.05) is 20.8 Å². The van der Waals surface area contributed by atoms with Crippen molar-refractivity contribution in [3.63, 3.8) is 0 Å². The molecule has 0 unspecified atom stereocenters. The number of hydrogen-bond acceptors (Lipinski definition) is 5. The molecule has 0 aromatic rings. The van der Waals surface area contributed by atoms with Crippen molar-refractivity contribution in [2.45, 2.75) is 110 Å². The Labute approximate surface area is 178 Å². The van der Waals surface area contributed by atoms with Crippen LogP contribution in [0.5, 0.6) is 0 Å². The van der Waals surface area contributed by atoms with E-state index in [9.17, 15) is 9.59 Å². The largest absolute Gasteiger partial charge is 0.466 e. The van der Waals surface area contributed by atoms with Crippen molar-refractivity contribution in [1.82, 2.24) is 10.6 Å². The molecule has 0 aliphatic carbocycles. The van der Waals surface area contributed by atoms with Gasteiger partial charge in [0, 0.05) is 13.0 Å². The molecular formula is C23H46N2O4. The van der Waals surface area contributed by atoms with E-state index in [2.05, 4.69) is 17.6 Å². The third-order valence-corrected chi connectivity index (χ3v) is 4.44. The van der Waals surface area contributed by atoms with E-state index in [4.69, 9.17) is 9.47 Å². The summed E-state index contributed by atoms with van der Waals surface area (Å²) in [6, 6.07) is 0. The molecule has 6 nitrogen and oxygen atoms in total. The maximum atomic E-state index is 11.5. The maximum Gasteiger partial charge on any atom is 0.407 e. The molecular weight excluding hydrogens is 368 g/mol. The van der Waals surface area contributed by atoms with Crippen LogP contribution in [0, 0.1) is 0 Å². The number of carbonyl (C=O) groups is 2. The molecule has 29 heavy (non-hydrogen) atoms. The van der Waals surface area contributed by atoms with Gasteiger partial charge in [-0.25, -0.2) is 4.79 Å². The van der Waals surface area contributed by atoms with E-state index in [1.54, 1.807) is 0 Å². The summed E-state index contributed by atoms with van der Waals surface area (Å²) in [5.74, 6) is -0.0356. The number of alkyl carbamates (subject to hydrolysis) is 1. The molecule has 0 atom stereocenters. The van der Waals surface area contributed by atoms with Crippen molar-refractivity contribution in [3.8, 4) is 0 Å². The van der Waals surface area contributed by atoms with E-state index < -0.39 is 5.60 Å².